The number of alkyl halides is 3. The molecule has 54 heavy (non-hydrogen) atoms. The van der Waals surface area contributed by atoms with Gasteiger partial charge in [-0.05, 0) is 78.7 Å². The van der Waals surface area contributed by atoms with Gasteiger partial charge in [0.05, 0.1) is 35.0 Å². The highest BCUT2D eigenvalue weighted by Crippen LogP contribution is 2.49. The van der Waals surface area contributed by atoms with Gasteiger partial charge in [0.15, 0.2) is 8.32 Å². The number of carbonyl (C=O) groups is 2. The number of β-lactam (4-membered cyclic amide) rings is 1. The topological polar surface area (TPSA) is 131 Å². The number of rotatable bonds is 15. The van der Waals surface area contributed by atoms with Crippen LogP contribution in [0.25, 0.3) is 21.9 Å². The molecule has 4 atom stereocenters. The number of nitro groups is 1. The van der Waals surface area contributed by atoms with E-state index in [1.165, 1.54) is 41.3 Å². The van der Waals surface area contributed by atoms with Crippen molar-refractivity contribution in [2.75, 3.05) is 6.61 Å². The summed E-state index contributed by atoms with van der Waals surface area (Å²) in [6.45, 7) is 9.67. The summed E-state index contributed by atoms with van der Waals surface area (Å²) in [7, 11) is -2.05. The van der Waals surface area contributed by atoms with Gasteiger partial charge in [0, 0.05) is 23.4 Å². The number of hydrogen-bond donors (Lipinski definition) is 0. The number of nitrogens with zero attached hydrogens (tertiary/aromatic N) is 2. The molecule has 6 rings (SSSR count). The van der Waals surface area contributed by atoms with E-state index in [9.17, 15) is 32.9 Å². The lowest BCUT2D eigenvalue weighted by molar-refractivity contribution is -0.384. The lowest BCUT2D eigenvalue weighted by Gasteiger charge is -2.49. The Morgan fingerprint density at radius 1 is 1.06 bits per heavy atom. The second-order valence-corrected chi connectivity index (χ2v) is 18.3. The van der Waals surface area contributed by atoms with E-state index in [4.69, 9.17) is 18.3 Å². The summed E-state index contributed by atoms with van der Waals surface area (Å²) in [4.78, 5) is 39.7. The number of nitro benzene ring substituents is 1. The van der Waals surface area contributed by atoms with Crippen molar-refractivity contribution < 1.29 is 50.7 Å². The monoisotopic (exact) mass is 766 g/mol. The van der Waals surface area contributed by atoms with Crippen molar-refractivity contribution in [1.82, 2.24) is 4.90 Å². The number of amides is 1. The van der Waals surface area contributed by atoms with E-state index in [1.807, 2.05) is 13.8 Å². The zero-order valence-corrected chi connectivity index (χ0v) is 31.5. The maximum atomic E-state index is 13.9. The molecule has 3 heterocycles. The van der Waals surface area contributed by atoms with Crippen molar-refractivity contribution in [2.24, 2.45) is 11.8 Å². The first-order valence-electron chi connectivity index (χ1n) is 17.9. The van der Waals surface area contributed by atoms with Crippen molar-refractivity contribution in [3.8, 4) is 11.5 Å². The number of non-ortho nitro benzene ring substituents is 1. The van der Waals surface area contributed by atoms with Crippen molar-refractivity contribution in [3.05, 3.63) is 99.8 Å². The standard InChI is InChI=1S/C39H41F3N2O9Si/c1-6-54(7-2,8-3)53-24(5)33-35-23(4)28(36(43(35)37(33)45)38(46)51-27-17-15-26(16-18-27)44(47)48)11-10-20-49-30-12-9-13-31-34(30)29-19-14-25(21-32(29)52-31)22-50-39(40,41)42/h9-19,21,23-24,33,35H,6-8,20,22H2,1-5H3/b11-10+/t23-,24+,33+,35+/m0/s1. The normalized spacial score (nSPS) is 19.4. The summed E-state index contributed by atoms with van der Waals surface area (Å²) < 4.78 is 66.2. The molecule has 1 fully saturated rings. The molecule has 1 saturated heterocycles. The van der Waals surface area contributed by atoms with Gasteiger partial charge in [-0.3, -0.25) is 19.6 Å². The van der Waals surface area contributed by atoms with Crippen LogP contribution >= 0.6 is 0 Å². The van der Waals surface area contributed by atoms with Gasteiger partial charge in [0.25, 0.3) is 5.69 Å². The maximum Gasteiger partial charge on any atom is 0.522 e. The predicted molar refractivity (Wildman–Crippen MR) is 196 cm³/mol. The van der Waals surface area contributed by atoms with Crippen LogP contribution < -0.4 is 9.47 Å². The van der Waals surface area contributed by atoms with Gasteiger partial charge in [0.1, 0.15) is 35.0 Å². The number of ether oxygens (including phenoxy) is 3. The molecular formula is C39H41F3N2O9Si. The number of fused-ring (bicyclic) bond motifs is 4. The molecule has 3 aromatic carbocycles. The van der Waals surface area contributed by atoms with Crippen molar-refractivity contribution >= 4 is 47.8 Å². The Bertz CT molecular complexity index is 2120. The lowest BCUT2D eigenvalue weighted by atomic mass is 9.77. The number of hydrogen-bond acceptors (Lipinski definition) is 9. The molecule has 0 spiro atoms. The quantitative estimate of drug-likeness (QED) is 0.0290. The number of carbonyl (C=O) groups excluding carboxylic acids is 2. The van der Waals surface area contributed by atoms with Crippen molar-refractivity contribution in [3.63, 3.8) is 0 Å². The summed E-state index contributed by atoms with van der Waals surface area (Å²) in [6, 6.07) is 17.4. The molecule has 0 bridgehead atoms. The zero-order chi connectivity index (χ0) is 38.9. The second-order valence-electron chi connectivity index (χ2n) is 13.5. The van der Waals surface area contributed by atoms with Crippen molar-refractivity contribution in [2.45, 2.75) is 77.9 Å². The number of allylic oxidation sites excluding steroid dienone is 1. The van der Waals surface area contributed by atoms with Gasteiger partial charge in [-0.2, -0.15) is 0 Å². The minimum atomic E-state index is -4.76. The Kier molecular flexibility index (Phi) is 11.0. The molecule has 0 radical (unpaired) electrons. The molecule has 11 nitrogen and oxygen atoms in total. The minimum absolute atomic E-state index is 0.0589. The highest BCUT2D eigenvalue weighted by molar-refractivity contribution is 6.73. The zero-order valence-electron chi connectivity index (χ0n) is 30.5. The van der Waals surface area contributed by atoms with Crippen LogP contribution in [0.15, 0.2) is 88.5 Å². The van der Waals surface area contributed by atoms with Crippen molar-refractivity contribution in [1.29, 1.82) is 0 Å². The van der Waals surface area contributed by atoms with Crippen LogP contribution in [-0.2, 0) is 25.4 Å². The number of halogens is 3. The third-order valence-electron chi connectivity index (χ3n) is 10.6. The average molecular weight is 767 g/mol. The third kappa shape index (κ3) is 7.52. The van der Waals surface area contributed by atoms with Gasteiger partial charge in [-0.25, -0.2) is 4.79 Å². The summed E-state index contributed by atoms with van der Waals surface area (Å²) in [5.74, 6) is -1.17. The first kappa shape index (κ1) is 38.7. The van der Waals surface area contributed by atoms with Gasteiger partial charge >= 0.3 is 12.3 Å². The fraction of sp³-hybridized carbons (Fsp3) is 0.385. The lowest BCUT2D eigenvalue weighted by Crippen LogP contribution is -2.65. The molecule has 0 aliphatic carbocycles. The molecule has 1 amide bonds. The fourth-order valence-electron chi connectivity index (χ4n) is 7.57. The molecule has 0 N–H and O–H groups in total. The molecule has 2 aliphatic heterocycles. The molecule has 286 valence electrons. The predicted octanol–water partition coefficient (Wildman–Crippen LogP) is 9.21. The smallest absolute Gasteiger partial charge is 0.489 e. The van der Waals surface area contributed by atoms with Crippen LogP contribution in [0.1, 0.15) is 40.2 Å². The number of benzene rings is 3. The number of furan rings is 1. The summed E-state index contributed by atoms with van der Waals surface area (Å²) in [5, 5.41) is 12.4. The van der Waals surface area contributed by atoms with E-state index in [1.54, 1.807) is 36.4 Å². The number of esters is 1. The SMILES string of the molecule is CC[Si](CC)(CC)O[C@H](C)[C@H]1C(=O)N2C(C(=O)Oc3ccc([N+](=O)[O-])cc3)=C(/C=C/COc3cccc4oc5cc(COC(F)(F)F)ccc5c34)[C@H](C)[C@H]12. The summed E-state index contributed by atoms with van der Waals surface area (Å²) >= 11 is 0. The van der Waals surface area contributed by atoms with E-state index in [0.29, 0.717) is 38.8 Å². The maximum absolute atomic E-state index is 13.9. The summed E-state index contributed by atoms with van der Waals surface area (Å²) in [5.41, 5.74) is 1.65. The van der Waals surface area contributed by atoms with Crippen LogP contribution in [0.4, 0.5) is 18.9 Å². The molecule has 0 saturated carbocycles. The van der Waals surface area contributed by atoms with E-state index in [0.717, 1.165) is 18.1 Å². The Labute approximate surface area is 310 Å². The largest absolute Gasteiger partial charge is 0.522 e. The Hall–Kier alpha value is -4.99. The molecule has 4 aromatic rings. The van der Waals surface area contributed by atoms with Crippen LogP contribution in [0.3, 0.4) is 0 Å². The highest BCUT2D eigenvalue weighted by atomic mass is 28.4. The second kappa shape index (κ2) is 15.4. The summed E-state index contributed by atoms with van der Waals surface area (Å²) in [6.07, 6.45) is -1.64. The van der Waals surface area contributed by atoms with Gasteiger partial charge < -0.3 is 23.2 Å². The minimum Gasteiger partial charge on any atom is -0.489 e. The van der Waals surface area contributed by atoms with Gasteiger partial charge in [0.2, 0.25) is 5.91 Å². The Balaban J connectivity index is 1.25. The molecular weight excluding hydrogens is 726 g/mol. The van der Waals surface area contributed by atoms with Crippen LogP contribution in [0, 0.1) is 22.0 Å². The first-order chi connectivity index (χ1) is 25.7. The Morgan fingerprint density at radius 3 is 2.41 bits per heavy atom. The fourth-order valence-corrected chi connectivity index (χ4v) is 10.5. The van der Waals surface area contributed by atoms with Crippen LogP contribution in [-0.4, -0.2) is 55.1 Å². The van der Waals surface area contributed by atoms with Gasteiger partial charge in [-0.1, -0.05) is 45.9 Å². The van der Waals surface area contributed by atoms with Gasteiger partial charge in [-0.15, -0.1) is 13.2 Å². The van der Waals surface area contributed by atoms with E-state index in [2.05, 4.69) is 25.5 Å². The van der Waals surface area contributed by atoms with Crippen LogP contribution in [0.2, 0.25) is 18.1 Å². The van der Waals surface area contributed by atoms with E-state index >= 15 is 0 Å². The van der Waals surface area contributed by atoms with E-state index < -0.39 is 38.1 Å². The third-order valence-corrected chi connectivity index (χ3v) is 15.3. The molecule has 0 unspecified atom stereocenters. The molecule has 15 heteroatoms. The molecule has 2 aliphatic rings. The average Bonchev–Trinajstić information content (AvgIpc) is 3.64. The molecule has 1 aromatic heterocycles. The Morgan fingerprint density at radius 2 is 1.76 bits per heavy atom. The van der Waals surface area contributed by atoms with E-state index in [-0.39, 0.29) is 47.7 Å². The first-order valence-corrected chi connectivity index (χ1v) is 20.4. The highest BCUT2D eigenvalue weighted by Gasteiger charge is 2.60. The van der Waals surface area contributed by atoms with Crippen LogP contribution in [0.5, 0.6) is 11.5 Å².